The van der Waals surface area contributed by atoms with Crippen LogP contribution in [0.3, 0.4) is 0 Å². The molecule has 118 valence electrons. The number of hydrogen-bond acceptors (Lipinski definition) is 4. The van der Waals surface area contributed by atoms with Crippen molar-refractivity contribution in [3.8, 4) is 0 Å². The highest BCUT2D eigenvalue weighted by Gasteiger charge is 2.27. The number of rotatable bonds is 8. The molecule has 0 radical (unpaired) electrons. The maximum atomic E-state index is 11.9. The maximum absolute atomic E-state index is 11.9. The van der Waals surface area contributed by atoms with E-state index in [4.69, 9.17) is 0 Å². The monoisotopic (exact) mass is 305 g/mol. The quantitative estimate of drug-likeness (QED) is 0.723. The van der Waals surface area contributed by atoms with Gasteiger partial charge in [-0.3, -0.25) is 4.79 Å². The van der Waals surface area contributed by atoms with Crippen LogP contribution in [0.5, 0.6) is 0 Å². The third-order valence-corrected chi connectivity index (χ3v) is 2.39. The summed E-state index contributed by atoms with van der Waals surface area (Å²) in [6, 6.07) is 3.21. The van der Waals surface area contributed by atoms with Crippen molar-refractivity contribution in [2.24, 2.45) is 0 Å². The van der Waals surface area contributed by atoms with Crippen LogP contribution < -0.4 is 10.6 Å². The van der Waals surface area contributed by atoms with Gasteiger partial charge in [0.15, 0.2) is 0 Å². The summed E-state index contributed by atoms with van der Waals surface area (Å²) < 4.78 is 40.0. The minimum absolute atomic E-state index is 0.00295. The van der Waals surface area contributed by atoms with Gasteiger partial charge in [-0.25, -0.2) is 4.98 Å². The van der Waals surface area contributed by atoms with Gasteiger partial charge in [-0.15, -0.1) is 0 Å². The molecule has 5 nitrogen and oxygen atoms in total. The molecule has 1 rings (SSSR count). The summed E-state index contributed by atoms with van der Waals surface area (Å²) in [6.07, 6.45) is -1.92. The largest absolute Gasteiger partial charge is 0.411 e. The molecule has 1 heterocycles. The van der Waals surface area contributed by atoms with Crippen LogP contribution in [0, 0.1) is 0 Å². The van der Waals surface area contributed by atoms with Gasteiger partial charge in [0, 0.05) is 19.3 Å². The summed E-state index contributed by atoms with van der Waals surface area (Å²) in [5, 5.41) is 5.50. The number of anilines is 1. The van der Waals surface area contributed by atoms with Crippen LogP contribution in [-0.4, -0.2) is 43.4 Å². The van der Waals surface area contributed by atoms with Gasteiger partial charge in [-0.2, -0.15) is 13.2 Å². The van der Waals surface area contributed by atoms with E-state index in [0.717, 1.165) is 6.42 Å². The predicted octanol–water partition coefficient (Wildman–Crippen LogP) is 2.21. The number of ether oxygens (including phenoxy) is 1. The van der Waals surface area contributed by atoms with Gasteiger partial charge in [0.25, 0.3) is 5.91 Å². The molecule has 0 aliphatic rings. The average Bonchev–Trinajstić information content (AvgIpc) is 2.43. The Balaban J connectivity index is 2.41. The SMILES string of the molecule is CCCNc1ncccc1C(=O)NCCOCC(F)(F)F. The van der Waals surface area contributed by atoms with E-state index in [1.54, 1.807) is 18.3 Å². The number of nitrogens with zero attached hydrogens (tertiary/aromatic N) is 1. The molecule has 1 aromatic heterocycles. The molecular formula is C13H18F3N3O2. The van der Waals surface area contributed by atoms with E-state index in [0.29, 0.717) is 17.9 Å². The zero-order valence-corrected chi connectivity index (χ0v) is 11.7. The molecule has 0 atom stereocenters. The van der Waals surface area contributed by atoms with Crippen molar-refractivity contribution < 1.29 is 22.7 Å². The molecule has 1 aromatic rings. The van der Waals surface area contributed by atoms with Gasteiger partial charge in [0.2, 0.25) is 0 Å². The molecule has 0 spiro atoms. The second kappa shape index (κ2) is 8.46. The lowest BCUT2D eigenvalue weighted by Gasteiger charge is -2.11. The number of pyridine rings is 1. The first-order chi connectivity index (χ1) is 9.94. The van der Waals surface area contributed by atoms with Gasteiger partial charge in [-0.05, 0) is 18.6 Å². The van der Waals surface area contributed by atoms with Gasteiger partial charge in [-0.1, -0.05) is 6.92 Å². The van der Waals surface area contributed by atoms with Crippen molar-refractivity contribution in [1.29, 1.82) is 0 Å². The first kappa shape index (κ1) is 17.2. The highest BCUT2D eigenvalue weighted by atomic mass is 19.4. The summed E-state index contributed by atoms with van der Waals surface area (Å²) >= 11 is 0. The Hall–Kier alpha value is -1.83. The van der Waals surface area contributed by atoms with E-state index < -0.39 is 18.7 Å². The van der Waals surface area contributed by atoms with Crippen LogP contribution >= 0.6 is 0 Å². The van der Waals surface area contributed by atoms with Crippen molar-refractivity contribution in [2.75, 3.05) is 31.6 Å². The van der Waals surface area contributed by atoms with Gasteiger partial charge in [0.1, 0.15) is 12.4 Å². The highest BCUT2D eigenvalue weighted by molar-refractivity contribution is 5.98. The Kier molecular flexibility index (Phi) is 6.93. The van der Waals surface area contributed by atoms with Gasteiger partial charge >= 0.3 is 6.18 Å². The Morgan fingerprint density at radius 3 is 2.81 bits per heavy atom. The third-order valence-electron chi connectivity index (χ3n) is 2.39. The average molecular weight is 305 g/mol. The molecule has 8 heteroatoms. The summed E-state index contributed by atoms with van der Waals surface area (Å²) in [4.78, 5) is 16.0. The molecule has 0 aromatic carbocycles. The van der Waals surface area contributed by atoms with Gasteiger partial charge in [0.05, 0.1) is 12.2 Å². The molecule has 2 N–H and O–H groups in total. The zero-order chi connectivity index (χ0) is 15.7. The van der Waals surface area contributed by atoms with Crippen molar-refractivity contribution in [3.05, 3.63) is 23.9 Å². The van der Waals surface area contributed by atoms with Crippen LogP contribution in [0.4, 0.5) is 19.0 Å². The van der Waals surface area contributed by atoms with Crippen LogP contribution in [-0.2, 0) is 4.74 Å². The molecule has 0 bridgehead atoms. The minimum Gasteiger partial charge on any atom is -0.370 e. The maximum Gasteiger partial charge on any atom is 0.411 e. The van der Waals surface area contributed by atoms with E-state index in [9.17, 15) is 18.0 Å². The van der Waals surface area contributed by atoms with E-state index in [1.165, 1.54) is 0 Å². The zero-order valence-electron chi connectivity index (χ0n) is 11.7. The summed E-state index contributed by atoms with van der Waals surface area (Å²) in [5.74, 6) is 0.0466. The molecule has 21 heavy (non-hydrogen) atoms. The second-order valence-electron chi connectivity index (χ2n) is 4.25. The highest BCUT2D eigenvalue weighted by Crippen LogP contribution is 2.14. The topological polar surface area (TPSA) is 63.2 Å². The smallest absolute Gasteiger partial charge is 0.370 e. The van der Waals surface area contributed by atoms with E-state index in [2.05, 4.69) is 20.4 Å². The lowest BCUT2D eigenvalue weighted by molar-refractivity contribution is -0.173. The molecular weight excluding hydrogens is 287 g/mol. The fourth-order valence-electron chi connectivity index (χ4n) is 1.49. The first-order valence-corrected chi connectivity index (χ1v) is 6.55. The van der Waals surface area contributed by atoms with Crippen molar-refractivity contribution in [3.63, 3.8) is 0 Å². The Morgan fingerprint density at radius 1 is 1.38 bits per heavy atom. The standard InChI is InChI=1S/C13H18F3N3O2/c1-2-5-17-11-10(4-3-6-18-11)12(20)19-7-8-21-9-13(14,15)16/h3-4,6H,2,5,7-9H2,1H3,(H,17,18)(H,19,20). The summed E-state index contributed by atoms with van der Waals surface area (Å²) in [7, 11) is 0. The lowest BCUT2D eigenvalue weighted by Crippen LogP contribution is -2.29. The Bertz CT molecular complexity index is 453. The van der Waals surface area contributed by atoms with Gasteiger partial charge < -0.3 is 15.4 Å². The van der Waals surface area contributed by atoms with Crippen LogP contribution in [0.2, 0.25) is 0 Å². The minimum atomic E-state index is -4.36. The number of halogens is 3. The molecule has 0 saturated heterocycles. The number of aromatic nitrogens is 1. The van der Waals surface area contributed by atoms with Crippen molar-refractivity contribution in [1.82, 2.24) is 10.3 Å². The van der Waals surface area contributed by atoms with Crippen LogP contribution in [0.25, 0.3) is 0 Å². The molecule has 1 amide bonds. The fourth-order valence-corrected chi connectivity index (χ4v) is 1.49. The predicted molar refractivity (Wildman–Crippen MR) is 72.2 cm³/mol. The third kappa shape index (κ3) is 6.94. The van der Waals surface area contributed by atoms with Crippen molar-refractivity contribution in [2.45, 2.75) is 19.5 Å². The lowest BCUT2D eigenvalue weighted by atomic mass is 10.2. The Labute approximate surface area is 120 Å². The molecule has 0 unspecified atom stereocenters. The van der Waals surface area contributed by atoms with E-state index in [-0.39, 0.29) is 13.2 Å². The Morgan fingerprint density at radius 2 is 2.14 bits per heavy atom. The fraction of sp³-hybridized carbons (Fsp3) is 0.538. The second-order valence-corrected chi connectivity index (χ2v) is 4.25. The summed E-state index contributed by atoms with van der Waals surface area (Å²) in [6.45, 7) is 1.12. The van der Waals surface area contributed by atoms with E-state index in [1.807, 2.05) is 6.92 Å². The van der Waals surface area contributed by atoms with Crippen molar-refractivity contribution >= 4 is 11.7 Å². The number of carbonyl (C=O) groups is 1. The molecule has 0 fully saturated rings. The van der Waals surface area contributed by atoms with Crippen LogP contribution in [0.1, 0.15) is 23.7 Å². The number of alkyl halides is 3. The number of carbonyl (C=O) groups excluding carboxylic acids is 1. The molecule has 0 aliphatic heterocycles. The first-order valence-electron chi connectivity index (χ1n) is 6.55. The molecule has 0 aliphatic carbocycles. The number of amides is 1. The normalized spacial score (nSPS) is 11.2. The summed E-state index contributed by atoms with van der Waals surface area (Å²) in [5.41, 5.74) is 0.349. The number of nitrogens with one attached hydrogen (secondary N) is 2. The molecule has 0 saturated carbocycles. The van der Waals surface area contributed by atoms with Crippen LogP contribution in [0.15, 0.2) is 18.3 Å². The number of hydrogen-bond donors (Lipinski definition) is 2. The van der Waals surface area contributed by atoms with E-state index >= 15 is 0 Å².